The summed E-state index contributed by atoms with van der Waals surface area (Å²) >= 11 is 5.91. The zero-order valence-electron chi connectivity index (χ0n) is 17.2. The van der Waals surface area contributed by atoms with Gasteiger partial charge in [-0.05, 0) is 54.4 Å². The predicted molar refractivity (Wildman–Crippen MR) is 123 cm³/mol. The Kier molecular flexibility index (Phi) is 7.40. The van der Waals surface area contributed by atoms with Crippen molar-refractivity contribution in [1.82, 2.24) is 5.43 Å². The molecule has 0 saturated carbocycles. The van der Waals surface area contributed by atoms with Crippen LogP contribution in [0.15, 0.2) is 77.9 Å². The van der Waals surface area contributed by atoms with Gasteiger partial charge >= 0.3 is 0 Å². The molecular formula is C24H22ClN3O3. The third-order valence-electron chi connectivity index (χ3n) is 4.37. The molecular weight excluding hydrogens is 414 g/mol. The Morgan fingerprint density at radius 3 is 2.45 bits per heavy atom. The first kappa shape index (κ1) is 22.1. The van der Waals surface area contributed by atoms with E-state index in [9.17, 15) is 9.59 Å². The minimum absolute atomic E-state index is 0.157. The van der Waals surface area contributed by atoms with Crippen molar-refractivity contribution < 1.29 is 14.3 Å². The Labute approximate surface area is 185 Å². The summed E-state index contributed by atoms with van der Waals surface area (Å²) in [6.45, 7) is 3.52. The summed E-state index contributed by atoms with van der Waals surface area (Å²) in [6, 6.07) is 21.5. The number of carbonyl (C=O) groups excluding carboxylic acids is 2. The van der Waals surface area contributed by atoms with Gasteiger partial charge in [0.05, 0.1) is 11.3 Å². The molecule has 6 nitrogen and oxygen atoms in total. The summed E-state index contributed by atoms with van der Waals surface area (Å²) < 4.78 is 5.84. The lowest BCUT2D eigenvalue weighted by atomic mass is 10.1. The zero-order valence-corrected chi connectivity index (χ0v) is 17.9. The highest BCUT2D eigenvalue weighted by molar-refractivity contribution is 6.30. The van der Waals surface area contributed by atoms with Crippen molar-refractivity contribution in [3.63, 3.8) is 0 Å². The van der Waals surface area contributed by atoms with E-state index in [1.54, 1.807) is 61.5 Å². The number of carbonyl (C=O) groups is 2. The highest BCUT2D eigenvalue weighted by Crippen LogP contribution is 2.20. The topological polar surface area (TPSA) is 79.8 Å². The molecule has 31 heavy (non-hydrogen) atoms. The third-order valence-corrected chi connectivity index (χ3v) is 4.62. The maximum Gasteiger partial charge on any atom is 0.275 e. The molecule has 0 heterocycles. The van der Waals surface area contributed by atoms with Crippen LogP contribution in [0.2, 0.25) is 5.02 Å². The SMILES string of the molecule is CC(=O)Nc1cccc(/C(C)=N/NC(=O)c2ccccc2OCc2ccc(Cl)cc2)c1. The summed E-state index contributed by atoms with van der Waals surface area (Å²) in [5, 5.41) is 7.57. The molecule has 0 aromatic heterocycles. The number of nitrogens with one attached hydrogen (secondary N) is 2. The van der Waals surface area contributed by atoms with Gasteiger partial charge in [0, 0.05) is 17.6 Å². The number of nitrogens with zero attached hydrogens (tertiary/aromatic N) is 1. The second-order valence-electron chi connectivity index (χ2n) is 6.81. The number of benzene rings is 3. The van der Waals surface area contributed by atoms with Crippen LogP contribution >= 0.6 is 11.6 Å². The number of hydrogen-bond donors (Lipinski definition) is 2. The van der Waals surface area contributed by atoms with E-state index in [1.165, 1.54) is 6.92 Å². The van der Waals surface area contributed by atoms with Gasteiger partial charge < -0.3 is 10.1 Å². The highest BCUT2D eigenvalue weighted by Gasteiger charge is 2.12. The van der Waals surface area contributed by atoms with E-state index in [0.717, 1.165) is 11.1 Å². The number of rotatable bonds is 7. The minimum Gasteiger partial charge on any atom is -0.488 e. The number of halogens is 1. The van der Waals surface area contributed by atoms with Crippen LogP contribution in [0.25, 0.3) is 0 Å². The van der Waals surface area contributed by atoms with Gasteiger partial charge in [-0.2, -0.15) is 5.10 Å². The van der Waals surface area contributed by atoms with Gasteiger partial charge in [-0.25, -0.2) is 5.43 Å². The average Bonchev–Trinajstić information content (AvgIpc) is 2.77. The van der Waals surface area contributed by atoms with Crippen molar-refractivity contribution in [2.45, 2.75) is 20.5 Å². The summed E-state index contributed by atoms with van der Waals surface area (Å²) in [4.78, 5) is 23.9. The van der Waals surface area contributed by atoms with Gasteiger partial charge in [0.2, 0.25) is 5.91 Å². The first-order valence-corrected chi connectivity index (χ1v) is 9.99. The molecule has 2 N–H and O–H groups in total. The molecule has 0 spiro atoms. The zero-order chi connectivity index (χ0) is 22.2. The van der Waals surface area contributed by atoms with Crippen molar-refractivity contribution in [3.8, 4) is 5.75 Å². The minimum atomic E-state index is -0.385. The van der Waals surface area contributed by atoms with Crippen molar-refractivity contribution >= 4 is 34.8 Å². The molecule has 7 heteroatoms. The van der Waals surface area contributed by atoms with E-state index in [1.807, 2.05) is 18.2 Å². The Balaban J connectivity index is 1.69. The van der Waals surface area contributed by atoms with Crippen LogP contribution in [0.4, 0.5) is 5.69 Å². The third kappa shape index (κ3) is 6.42. The van der Waals surface area contributed by atoms with Crippen LogP contribution in [0, 0.1) is 0 Å². The molecule has 3 aromatic carbocycles. The Hall–Kier alpha value is -3.64. The van der Waals surface area contributed by atoms with Gasteiger partial charge in [-0.3, -0.25) is 9.59 Å². The Bertz CT molecular complexity index is 1110. The Morgan fingerprint density at radius 2 is 1.71 bits per heavy atom. The lowest BCUT2D eigenvalue weighted by Crippen LogP contribution is -2.20. The number of hydrogen-bond acceptors (Lipinski definition) is 4. The monoisotopic (exact) mass is 435 g/mol. The van der Waals surface area contributed by atoms with E-state index < -0.39 is 0 Å². The highest BCUT2D eigenvalue weighted by atomic mass is 35.5. The molecule has 158 valence electrons. The number of ether oxygens (including phenoxy) is 1. The predicted octanol–water partition coefficient (Wildman–Crippen LogP) is 5.03. The van der Waals surface area contributed by atoms with Crippen molar-refractivity contribution in [1.29, 1.82) is 0 Å². The van der Waals surface area contributed by atoms with Crippen LogP contribution < -0.4 is 15.5 Å². The van der Waals surface area contributed by atoms with E-state index in [4.69, 9.17) is 16.3 Å². The van der Waals surface area contributed by atoms with Crippen LogP contribution in [0.3, 0.4) is 0 Å². The lowest BCUT2D eigenvalue weighted by molar-refractivity contribution is -0.114. The fraction of sp³-hybridized carbons (Fsp3) is 0.125. The van der Waals surface area contributed by atoms with Crippen molar-refractivity contribution in [2.24, 2.45) is 5.10 Å². The van der Waals surface area contributed by atoms with Gasteiger partial charge in [0.15, 0.2) is 0 Å². The molecule has 3 rings (SSSR count). The summed E-state index contributed by atoms with van der Waals surface area (Å²) in [6.07, 6.45) is 0. The summed E-state index contributed by atoms with van der Waals surface area (Å²) in [5.74, 6) is -0.0882. The fourth-order valence-corrected chi connectivity index (χ4v) is 2.93. The van der Waals surface area contributed by atoms with Crippen LogP contribution in [-0.2, 0) is 11.4 Å². The van der Waals surface area contributed by atoms with Gasteiger partial charge in [0.1, 0.15) is 12.4 Å². The molecule has 2 amide bonds. The fourth-order valence-electron chi connectivity index (χ4n) is 2.81. The van der Waals surface area contributed by atoms with Crippen molar-refractivity contribution in [3.05, 3.63) is 94.5 Å². The molecule has 3 aromatic rings. The lowest BCUT2D eigenvalue weighted by Gasteiger charge is -2.11. The van der Waals surface area contributed by atoms with Gasteiger partial charge in [-0.1, -0.05) is 48.0 Å². The summed E-state index contributed by atoms with van der Waals surface area (Å²) in [7, 11) is 0. The molecule has 0 fully saturated rings. The molecule has 0 unspecified atom stereocenters. The maximum absolute atomic E-state index is 12.7. The number of para-hydroxylation sites is 1. The first-order valence-electron chi connectivity index (χ1n) is 9.61. The normalized spacial score (nSPS) is 11.0. The largest absolute Gasteiger partial charge is 0.488 e. The van der Waals surface area contributed by atoms with Gasteiger partial charge in [-0.15, -0.1) is 0 Å². The molecule has 0 atom stereocenters. The standard InChI is InChI=1S/C24H22ClN3O3/c1-16(19-6-5-7-21(14-19)26-17(2)29)27-28-24(30)22-8-3-4-9-23(22)31-15-18-10-12-20(25)13-11-18/h3-14H,15H2,1-2H3,(H,26,29)(H,28,30)/b27-16+. The molecule has 0 aliphatic carbocycles. The van der Waals surface area contributed by atoms with Crippen LogP contribution in [0.5, 0.6) is 5.75 Å². The molecule has 0 saturated heterocycles. The second-order valence-corrected chi connectivity index (χ2v) is 7.25. The summed E-state index contributed by atoms with van der Waals surface area (Å²) in [5.41, 5.74) is 5.91. The smallest absolute Gasteiger partial charge is 0.275 e. The average molecular weight is 436 g/mol. The number of anilines is 1. The van der Waals surface area contributed by atoms with Crippen molar-refractivity contribution in [2.75, 3.05) is 5.32 Å². The van der Waals surface area contributed by atoms with E-state index in [-0.39, 0.29) is 11.8 Å². The number of hydrazone groups is 1. The van der Waals surface area contributed by atoms with E-state index >= 15 is 0 Å². The Morgan fingerprint density at radius 1 is 0.968 bits per heavy atom. The number of amides is 2. The maximum atomic E-state index is 12.7. The van der Waals surface area contributed by atoms with Crippen LogP contribution in [-0.4, -0.2) is 17.5 Å². The van der Waals surface area contributed by atoms with Crippen LogP contribution in [0.1, 0.15) is 35.3 Å². The molecule has 0 radical (unpaired) electrons. The van der Waals surface area contributed by atoms with E-state index in [2.05, 4.69) is 15.8 Å². The van der Waals surface area contributed by atoms with Gasteiger partial charge in [0.25, 0.3) is 5.91 Å². The van der Waals surface area contributed by atoms with E-state index in [0.29, 0.717) is 34.3 Å². The molecule has 0 bridgehead atoms. The molecule has 0 aliphatic heterocycles. The quantitative estimate of drug-likeness (QED) is 0.403. The first-order chi connectivity index (χ1) is 14.9. The molecule has 0 aliphatic rings. The second kappa shape index (κ2) is 10.4.